The molecule has 0 atom stereocenters. The Labute approximate surface area is 109 Å². The summed E-state index contributed by atoms with van der Waals surface area (Å²) in [7, 11) is 0. The Morgan fingerprint density at radius 3 is 2.88 bits per heavy atom. The minimum Gasteiger partial charge on any atom is -0.326 e. The maximum absolute atomic E-state index is 4.37. The van der Waals surface area contributed by atoms with Crippen LogP contribution >= 0.6 is 15.9 Å². The minimum atomic E-state index is 0.647. The Balaban J connectivity index is 1.88. The Kier molecular flexibility index (Phi) is 2.67. The Bertz CT molecular complexity index is 523. The number of nitrogens with one attached hydrogen (secondary N) is 1. The van der Waals surface area contributed by atoms with E-state index in [1.807, 2.05) is 12.4 Å². The van der Waals surface area contributed by atoms with Crippen LogP contribution in [0.3, 0.4) is 0 Å². The van der Waals surface area contributed by atoms with Gasteiger partial charge in [-0.3, -0.25) is 0 Å². The van der Waals surface area contributed by atoms with Crippen LogP contribution in [-0.4, -0.2) is 9.55 Å². The summed E-state index contributed by atoms with van der Waals surface area (Å²) in [6, 6.07) is 6.93. The molecule has 0 unspecified atom stereocenters. The largest absolute Gasteiger partial charge is 0.326 e. The molecule has 2 aromatic rings. The second kappa shape index (κ2) is 4.18. The van der Waals surface area contributed by atoms with Gasteiger partial charge in [-0.05, 0) is 43.5 Å². The van der Waals surface area contributed by atoms with Crippen molar-refractivity contribution in [2.24, 2.45) is 0 Å². The molecule has 17 heavy (non-hydrogen) atoms. The highest BCUT2D eigenvalue weighted by Gasteiger charge is 2.25. The highest BCUT2D eigenvalue weighted by Crippen LogP contribution is 2.37. The summed E-state index contributed by atoms with van der Waals surface area (Å²) in [4.78, 5) is 4.37. The van der Waals surface area contributed by atoms with Crippen LogP contribution in [0, 0.1) is 6.92 Å². The summed E-state index contributed by atoms with van der Waals surface area (Å²) < 4.78 is 3.31. The third-order valence-electron chi connectivity index (χ3n) is 2.91. The molecule has 1 fully saturated rings. The van der Waals surface area contributed by atoms with E-state index in [1.165, 1.54) is 18.4 Å². The number of nitrogens with zero attached hydrogens (tertiary/aromatic N) is 2. The number of benzene rings is 1. The van der Waals surface area contributed by atoms with E-state index >= 15 is 0 Å². The number of rotatable bonds is 3. The molecule has 4 heteroatoms. The van der Waals surface area contributed by atoms with Crippen molar-refractivity contribution in [3.8, 4) is 0 Å². The summed E-state index contributed by atoms with van der Waals surface area (Å²) >= 11 is 3.51. The van der Waals surface area contributed by atoms with E-state index in [0.29, 0.717) is 6.04 Å². The zero-order valence-electron chi connectivity index (χ0n) is 9.65. The van der Waals surface area contributed by atoms with Gasteiger partial charge in [-0.2, -0.15) is 0 Å². The van der Waals surface area contributed by atoms with Gasteiger partial charge in [-0.1, -0.05) is 15.9 Å². The molecule has 1 aromatic carbocycles. The lowest BCUT2D eigenvalue weighted by Crippen LogP contribution is -2.01. The lowest BCUT2D eigenvalue weighted by Gasteiger charge is -2.09. The van der Waals surface area contributed by atoms with Crippen LogP contribution in [0.15, 0.2) is 35.1 Å². The molecular weight excluding hydrogens is 278 g/mol. The molecule has 0 saturated heterocycles. The molecule has 3 rings (SSSR count). The molecule has 0 spiro atoms. The zero-order valence-corrected chi connectivity index (χ0v) is 11.2. The fourth-order valence-electron chi connectivity index (χ4n) is 1.99. The molecule has 88 valence electrons. The van der Waals surface area contributed by atoms with Crippen LogP contribution in [0.4, 0.5) is 11.6 Å². The fraction of sp³-hybridized carbons (Fsp3) is 0.308. The molecule has 1 aliphatic rings. The smallest absolute Gasteiger partial charge is 0.207 e. The highest BCUT2D eigenvalue weighted by atomic mass is 79.9. The first-order valence-corrected chi connectivity index (χ1v) is 6.59. The van der Waals surface area contributed by atoms with Gasteiger partial charge in [0.2, 0.25) is 5.95 Å². The minimum absolute atomic E-state index is 0.647. The van der Waals surface area contributed by atoms with Gasteiger partial charge >= 0.3 is 0 Å². The van der Waals surface area contributed by atoms with Crippen LogP contribution in [-0.2, 0) is 0 Å². The Hall–Kier alpha value is -1.29. The van der Waals surface area contributed by atoms with Gasteiger partial charge in [0, 0.05) is 28.6 Å². The van der Waals surface area contributed by atoms with Crippen molar-refractivity contribution in [3.05, 3.63) is 40.6 Å². The van der Waals surface area contributed by atoms with Gasteiger partial charge in [-0.25, -0.2) is 4.98 Å². The van der Waals surface area contributed by atoms with Gasteiger partial charge in [0.15, 0.2) is 0 Å². The van der Waals surface area contributed by atoms with E-state index in [0.717, 1.165) is 16.1 Å². The van der Waals surface area contributed by atoms with Crippen molar-refractivity contribution in [2.75, 3.05) is 5.32 Å². The standard InChI is InChI=1S/C13H14BrN3/c1-9-6-10(14)8-11(7-9)16-13-15-4-5-17(13)12-2-3-12/h4-8,12H,2-3H2,1H3,(H,15,16). The lowest BCUT2D eigenvalue weighted by atomic mass is 10.2. The van der Waals surface area contributed by atoms with E-state index in [4.69, 9.17) is 0 Å². The Morgan fingerprint density at radius 1 is 1.35 bits per heavy atom. The average molecular weight is 292 g/mol. The van der Waals surface area contributed by atoms with E-state index < -0.39 is 0 Å². The number of aromatic nitrogens is 2. The second-order valence-electron chi connectivity index (χ2n) is 4.53. The lowest BCUT2D eigenvalue weighted by molar-refractivity contribution is 0.751. The zero-order chi connectivity index (χ0) is 11.8. The molecule has 1 aromatic heterocycles. The van der Waals surface area contributed by atoms with Gasteiger partial charge < -0.3 is 9.88 Å². The van der Waals surface area contributed by atoms with Gasteiger partial charge in [0.05, 0.1) is 0 Å². The maximum Gasteiger partial charge on any atom is 0.207 e. The fourth-order valence-corrected chi connectivity index (χ4v) is 2.60. The third-order valence-corrected chi connectivity index (χ3v) is 3.37. The van der Waals surface area contributed by atoms with Gasteiger partial charge in [0.1, 0.15) is 0 Å². The van der Waals surface area contributed by atoms with Crippen molar-refractivity contribution in [3.63, 3.8) is 0 Å². The molecule has 0 bridgehead atoms. The quantitative estimate of drug-likeness (QED) is 0.925. The van der Waals surface area contributed by atoms with Crippen LogP contribution < -0.4 is 5.32 Å². The molecule has 1 aliphatic carbocycles. The SMILES string of the molecule is Cc1cc(Br)cc(Nc2nccn2C2CC2)c1. The maximum atomic E-state index is 4.37. The van der Waals surface area contributed by atoms with Crippen LogP contribution in [0.5, 0.6) is 0 Å². The first kappa shape index (κ1) is 10.8. The van der Waals surface area contributed by atoms with Crippen LogP contribution in [0.2, 0.25) is 0 Å². The summed E-state index contributed by atoms with van der Waals surface area (Å²) in [5.74, 6) is 0.935. The summed E-state index contributed by atoms with van der Waals surface area (Å²) in [5, 5.41) is 3.38. The van der Waals surface area contributed by atoms with Crippen molar-refractivity contribution >= 4 is 27.6 Å². The van der Waals surface area contributed by atoms with Gasteiger partial charge in [-0.15, -0.1) is 0 Å². The molecule has 1 saturated carbocycles. The molecule has 0 radical (unpaired) electrons. The first-order valence-electron chi connectivity index (χ1n) is 5.79. The molecule has 1 N–H and O–H groups in total. The third kappa shape index (κ3) is 2.36. The number of hydrogen-bond acceptors (Lipinski definition) is 2. The van der Waals surface area contributed by atoms with E-state index in [2.05, 4.69) is 55.9 Å². The van der Waals surface area contributed by atoms with Crippen molar-refractivity contribution in [1.29, 1.82) is 0 Å². The van der Waals surface area contributed by atoms with Crippen molar-refractivity contribution in [2.45, 2.75) is 25.8 Å². The second-order valence-corrected chi connectivity index (χ2v) is 5.45. The average Bonchev–Trinajstić information content (AvgIpc) is 2.99. The predicted octanol–water partition coefficient (Wildman–Crippen LogP) is 4.03. The number of aryl methyl sites for hydroxylation is 1. The van der Waals surface area contributed by atoms with Crippen LogP contribution in [0.25, 0.3) is 0 Å². The normalized spacial score (nSPS) is 14.9. The van der Waals surface area contributed by atoms with Crippen molar-refractivity contribution < 1.29 is 0 Å². The number of anilines is 2. The van der Waals surface area contributed by atoms with Crippen molar-refractivity contribution in [1.82, 2.24) is 9.55 Å². The number of hydrogen-bond donors (Lipinski definition) is 1. The topological polar surface area (TPSA) is 29.9 Å². The molecule has 0 amide bonds. The van der Waals surface area contributed by atoms with Gasteiger partial charge in [0.25, 0.3) is 0 Å². The predicted molar refractivity (Wildman–Crippen MR) is 72.7 cm³/mol. The Morgan fingerprint density at radius 2 is 2.18 bits per heavy atom. The van der Waals surface area contributed by atoms with E-state index in [-0.39, 0.29) is 0 Å². The molecule has 1 heterocycles. The highest BCUT2D eigenvalue weighted by molar-refractivity contribution is 9.10. The van der Waals surface area contributed by atoms with E-state index in [9.17, 15) is 0 Å². The number of halogens is 1. The van der Waals surface area contributed by atoms with Crippen LogP contribution in [0.1, 0.15) is 24.4 Å². The molecular formula is C13H14BrN3. The molecule has 0 aliphatic heterocycles. The van der Waals surface area contributed by atoms with E-state index in [1.54, 1.807) is 0 Å². The first-order chi connectivity index (χ1) is 8.22. The monoisotopic (exact) mass is 291 g/mol. The summed E-state index contributed by atoms with van der Waals surface area (Å²) in [6.45, 7) is 2.09. The molecule has 3 nitrogen and oxygen atoms in total. The summed E-state index contributed by atoms with van der Waals surface area (Å²) in [5.41, 5.74) is 2.30. The number of imidazole rings is 1. The summed E-state index contributed by atoms with van der Waals surface area (Å²) in [6.07, 6.45) is 6.43.